The number of hydrogen-bond acceptors (Lipinski definition) is 7. The molecule has 0 spiro atoms. The number of nitrogens with zero attached hydrogens (tertiary/aromatic N) is 2. The molecule has 0 aliphatic carbocycles. The molecule has 9 nitrogen and oxygen atoms in total. The quantitative estimate of drug-likeness (QED) is 0.394. The maximum Gasteiger partial charge on any atom is 0.408 e. The molecule has 10 heteroatoms. The van der Waals surface area contributed by atoms with Gasteiger partial charge in [-0.3, -0.25) is 4.79 Å². The Hall–Kier alpha value is -3.42. The van der Waals surface area contributed by atoms with Gasteiger partial charge in [0.1, 0.15) is 11.1 Å². The molecule has 0 bridgehead atoms. The van der Waals surface area contributed by atoms with E-state index < -0.39 is 33.0 Å². The van der Waals surface area contributed by atoms with E-state index in [1.165, 1.54) is 0 Å². The normalized spacial score (nSPS) is 15.2. The maximum atomic E-state index is 13.5. The van der Waals surface area contributed by atoms with Gasteiger partial charge in [-0.05, 0) is 56.0 Å². The number of amides is 2. The Labute approximate surface area is 224 Å². The van der Waals surface area contributed by atoms with Gasteiger partial charge in [-0.1, -0.05) is 43.3 Å². The summed E-state index contributed by atoms with van der Waals surface area (Å²) in [5.74, 6) is -0.428. The SMILES string of the molecule is CCS(=O)(=O)c1ccc(-c2ccc(CCN(C#N)C(=O)C3(NC(=O)OC(C)(C)C)CCOCC3)cc2)cc1. The van der Waals surface area contributed by atoms with E-state index >= 15 is 0 Å². The molecule has 38 heavy (non-hydrogen) atoms. The van der Waals surface area contributed by atoms with Crippen molar-refractivity contribution < 1.29 is 27.5 Å². The summed E-state index contributed by atoms with van der Waals surface area (Å²) in [6.07, 6.45) is 2.20. The van der Waals surface area contributed by atoms with Crippen LogP contribution in [0.2, 0.25) is 0 Å². The second-order valence-corrected chi connectivity index (χ2v) is 12.5. The van der Waals surface area contributed by atoms with Crippen molar-refractivity contribution in [3.8, 4) is 17.3 Å². The van der Waals surface area contributed by atoms with E-state index in [9.17, 15) is 23.3 Å². The molecule has 2 amide bonds. The molecule has 2 aromatic rings. The molecule has 1 saturated heterocycles. The largest absolute Gasteiger partial charge is 0.444 e. The highest BCUT2D eigenvalue weighted by atomic mass is 32.2. The lowest BCUT2D eigenvalue weighted by atomic mass is 9.88. The fourth-order valence-corrected chi connectivity index (χ4v) is 5.08. The van der Waals surface area contributed by atoms with Gasteiger partial charge in [-0.25, -0.2) is 18.1 Å². The zero-order valence-electron chi connectivity index (χ0n) is 22.3. The molecule has 1 aliphatic rings. The van der Waals surface area contributed by atoms with E-state index in [4.69, 9.17) is 9.47 Å². The summed E-state index contributed by atoms with van der Waals surface area (Å²) in [6, 6.07) is 14.4. The van der Waals surface area contributed by atoms with Crippen LogP contribution in [0.4, 0.5) is 4.79 Å². The van der Waals surface area contributed by atoms with E-state index in [1.807, 2.05) is 30.5 Å². The third-order valence-corrected chi connectivity index (χ3v) is 8.12. The van der Waals surface area contributed by atoms with Crippen molar-refractivity contribution in [2.75, 3.05) is 25.5 Å². The van der Waals surface area contributed by atoms with Gasteiger partial charge in [-0.15, -0.1) is 0 Å². The lowest BCUT2D eigenvalue weighted by Crippen LogP contribution is -2.62. The zero-order valence-corrected chi connectivity index (χ0v) is 23.1. The first-order valence-electron chi connectivity index (χ1n) is 12.6. The average molecular weight is 542 g/mol. The molecule has 1 heterocycles. The molecule has 0 aromatic heterocycles. The molecule has 0 unspecified atom stereocenters. The Morgan fingerprint density at radius 1 is 1.05 bits per heavy atom. The standard InChI is InChI=1S/C28H35N3O6S/c1-5-38(34,35)24-12-10-23(11-13-24)22-8-6-21(7-9-22)14-17-31(20-29)25(32)28(15-18-36-19-16-28)30-26(33)37-27(2,3)4/h6-13H,5,14-19H2,1-4H3,(H,30,33). The van der Waals surface area contributed by atoms with Gasteiger partial charge < -0.3 is 14.8 Å². The van der Waals surface area contributed by atoms with Gasteiger partial charge in [0.15, 0.2) is 16.0 Å². The molecule has 1 fully saturated rings. The average Bonchev–Trinajstić information content (AvgIpc) is 2.88. The predicted molar refractivity (Wildman–Crippen MR) is 143 cm³/mol. The van der Waals surface area contributed by atoms with Gasteiger partial charge in [0.05, 0.1) is 10.6 Å². The molecule has 204 valence electrons. The fraction of sp³-hybridized carbons (Fsp3) is 0.464. The number of alkyl carbamates (subject to hydrolysis) is 1. The van der Waals surface area contributed by atoms with Crippen LogP contribution >= 0.6 is 0 Å². The van der Waals surface area contributed by atoms with E-state index in [0.29, 0.717) is 11.3 Å². The van der Waals surface area contributed by atoms with Crippen LogP contribution in [0.1, 0.15) is 46.1 Å². The first-order chi connectivity index (χ1) is 17.9. The highest BCUT2D eigenvalue weighted by molar-refractivity contribution is 7.91. The topological polar surface area (TPSA) is 126 Å². The molecular weight excluding hydrogens is 506 g/mol. The van der Waals surface area contributed by atoms with E-state index in [1.54, 1.807) is 52.0 Å². The summed E-state index contributed by atoms with van der Waals surface area (Å²) >= 11 is 0. The number of sulfone groups is 1. The molecule has 3 rings (SSSR count). The molecule has 0 atom stereocenters. The van der Waals surface area contributed by atoms with Crippen molar-refractivity contribution in [1.29, 1.82) is 5.26 Å². The zero-order chi connectivity index (χ0) is 28.0. The minimum Gasteiger partial charge on any atom is -0.444 e. The van der Waals surface area contributed by atoms with Crippen molar-refractivity contribution in [3.63, 3.8) is 0 Å². The highest BCUT2D eigenvalue weighted by Gasteiger charge is 2.45. The Morgan fingerprint density at radius 3 is 2.11 bits per heavy atom. The number of rotatable bonds is 8. The van der Waals surface area contributed by atoms with Gasteiger partial charge in [0.25, 0.3) is 5.91 Å². The predicted octanol–water partition coefficient (Wildman–Crippen LogP) is 4.07. The minimum absolute atomic E-state index is 0.0508. The fourth-order valence-electron chi connectivity index (χ4n) is 4.19. The van der Waals surface area contributed by atoms with Crippen LogP contribution in [0.5, 0.6) is 0 Å². The lowest BCUT2D eigenvalue weighted by Gasteiger charge is -2.38. The van der Waals surface area contributed by atoms with Gasteiger partial charge in [0.2, 0.25) is 0 Å². The summed E-state index contributed by atoms with van der Waals surface area (Å²) in [5, 5.41) is 12.5. The Kier molecular flexibility index (Phi) is 9.18. The molecule has 1 N–H and O–H groups in total. The van der Waals surface area contributed by atoms with Gasteiger partial charge in [-0.2, -0.15) is 5.26 Å². The van der Waals surface area contributed by atoms with Crippen LogP contribution < -0.4 is 5.32 Å². The lowest BCUT2D eigenvalue weighted by molar-refractivity contribution is -0.139. The first-order valence-corrected chi connectivity index (χ1v) is 14.3. The monoisotopic (exact) mass is 541 g/mol. The molecular formula is C28H35N3O6S. The van der Waals surface area contributed by atoms with Gasteiger partial charge in [0, 0.05) is 32.6 Å². The van der Waals surface area contributed by atoms with Crippen molar-refractivity contribution in [2.24, 2.45) is 0 Å². The summed E-state index contributed by atoms with van der Waals surface area (Å²) < 4.78 is 34.8. The number of nitrogens with one attached hydrogen (secondary N) is 1. The molecule has 2 aromatic carbocycles. The van der Waals surface area contributed by atoms with Crippen LogP contribution in [0.25, 0.3) is 11.1 Å². The van der Waals surface area contributed by atoms with E-state index in [2.05, 4.69) is 5.32 Å². The van der Waals surface area contributed by atoms with E-state index in [0.717, 1.165) is 21.6 Å². The molecule has 1 aliphatic heterocycles. The second-order valence-electron chi connectivity index (χ2n) is 10.3. The van der Waals surface area contributed by atoms with Crippen LogP contribution in [-0.4, -0.2) is 62.0 Å². The van der Waals surface area contributed by atoms with Crippen molar-refractivity contribution in [3.05, 3.63) is 54.1 Å². The Bertz CT molecular complexity index is 1270. The summed E-state index contributed by atoms with van der Waals surface area (Å²) in [6.45, 7) is 7.56. The third-order valence-electron chi connectivity index (χ3n) is 6.37. The summed E-state index contributed by atoms with van der Waals surface area (Å²) in [5.41, 5.74) is 0.737. The third kappa shape index (κ3) is 7.33. The van der Waals surface area contributed by atoms with Crippen LogP contribution in [0.3, 0.4) is 0 Å². The van der Waals surface area contributed by atoms with E-state index in [-0.39, 0.29) is 38.4 Å². The molecule has 0 saturated carbocycles. The summed E-state index contributed by atoms with van der Waals surface area (Å²) in [7, 11) is -3.25. The van der Waals surface area contributed by atoms with Gasteiger partial charge >= 0.3 is 6.09 Å². The number of nitriles is 1. The number of benzene rings is 2. The smallest absolute Gasteiger partial charge is 0.408 e. The van der Waals surface area contributed by atoms with Crippen LogP contribution in [0, 0.1) is 11.5 Å². The van der Waals surface area contributed by atoms with Crippen LogP contribution in [0.15, 0.2) is 53.4 Å². The number of ether oxygens (including phenoxy) is 2. The first kappa shape index (κ1) is 29.1. The van der Waals surface area contributed by atoms with Crippen LogP contribution in [-0.2, 0) is 30.5 Å². The number of carbonyl (C=O) groups excluding carboxylic acids is 2. The maximum absolute atomic E-state index is 13.5. The Balaban J connectivity index is 1.68. The highest BCUT2D eigenvalue weighted by Crippen LogP contribution is 2.26. The minimum atomic E-state index is -3.25. The molecule has 0 radical (unpaired) electrons. The van der Waals surface area contributed by atoms with Crippen molar-refractivity contribution >= 4 is 21.8 Å². The van der Waals surface area contributed by atoms with Crippen molar-refractivity contribution in [1.82, 2.24) is 10.2 Å². The number of hydrogen-bond donors (Lipinski definition) is 1. The summed E-state index contributed by atoms with van der Waals surface area (Å²) in [4.78, 5) is 27.4. The van der Waals surface area contributed by atoms with Crippen molar-refractivity contribution in [2.45, 2.75) is 63.0 Å². The number of carbonyl (C=O) groups is 2. The Morgan fingerprint density at radius 2 is 1.61 bits per heavy atom. The second kappa shape index (κ2) is 12.0.